The average molecular weight is 407 g/mol. The van der Waals surface area contributed by atoms with Gasteiger partial charge in [0.1, 0.15) is 0 Å². The van der Waals surface area contributed by atoms with Crippen molar-refractivity contribution in [2.24, 2.45) is 0 Å². The number of halogens is 2. The molecule has 2 rings (SSSR count). The van der Waals surface area contributed by atoms with Gasteiger partial charge in [0.05, 0.1) is 24.8 Å². The molecule has 0 aliphatic rings. The lowest BCUT2D eigenvalue weighted by atomic mass is 10.2. The van der Waals surface area contributed by atoms with Crippen LogP contribution >= 0.6 is 45.5 Å². The van der Waals surface area contributed by atoms with Crippen LogP contribution in [0, 0.1) is 2.88 Å². The molecule has 0 bridgehead atoms. The second-order valence-electron chi connectivity index (χ2n) is 4.12. The van der Waals surface area contributed by atoms with Gasteiger partial charge >= 0.3 is 0 Å². The molecule has 0 atom stereocenters. The molecule has 0 saturated heterocycles. The minimum absolute atomic E-state index is 0.121. The fraction of sp³-hybridized carbons (Fsp3) is 0.154. The van der Waals surface area contributed by atoms with Gasteiger partial charge in [0.15, 0.2) is 0 Å². The van der Waals surface area contributed by atoms with Crippen molar-refractivity contribution in [3.05, 3.63) is 43.1 Å². The lowest BCUT2D eigenvalue weighted by molar-refractivity contribution is 0.102. The lowest BCUT2D eigenvalue weighted by Gasteiger charge is -2.19. The Hall–Kier alpha value is -0.790. The van der Waals surface area contributed by atoms with Crippen molar-refractivity contribution in [1.29, 1.82) is 0 Å². The van der Waals surface area contributed by atoms with Gasteiger partial charge < -0.3 is 10.2 Å². The van der Waals surface area contributed by atoms with Crippen molar-refractivity contribution in [3.8, 4) is 0 Å². The first kappa shape index (κ1) is 14.6. The molecule has 0 radical (unpaired) electrons. The van der Waals surface area contributed by atoms with Crippen LogP contribution in [0.2, 0.25) is 5.02 Å². The Morgan fingerprint density at radius 2 is 2.16 bits per heavy atom. The topological polar surface area (TPSA) is 32.3 Å². The third kappa shape index (κ3) is 3.40. The van der Waals surface area contributed by atoms with Crippen LogP contribution in [0.5, 0.6) is 0 Å². The second kappa shape index (κ2) is 6.11. The van der Waals surface area contributed by atoms with Crippen LogP contribution in [0.3, 0.4) is 0 Å². The van der Waals surface area contributed by atoms with Crippen LogP contribution in [-0.2, 0) is 0 Å². The summed E-state index contributed by atoms with van der Waals surface area (Å²) < 4.78 is 1.08. The zero-order valence-corrected chi connectivity index (χ0v) is 14.1. The molecule has 0 fully saturated rings. The molecule has 0 aliphatic heterocycles. The van der Waals surface area contributed by atoms with Crippen LogP contribution in [-0.4, -0.2) is 20.0 Å². The molecule has 1 N–H and O–H groups in total. The third-order valence-electron chi connectivity index (χ3n) is 2.51. The first-order valence-corrected chi connectivity index (χ1v) is 7.84. The summed E-state index contributed by atoms with van der Waals surface area (Å²) in [6.45, 7) is 0. The summed E-state index contributed by atoms with van der Waals surface area (Å²) in [6, 6.07) is 7.33. The summed E-state index contributed by atoms with van der Waals surface area (Å²) in [6.07, 6.45) is 0. The number of thiophene rings is 1. The predicted molar refractivity (Wildman–Crippen MR) is 90.8 cm³/mol. The maximum atomic E-state index is 12.1. The monoisotopic (exact) mass is 406 g/mol. The molecule has 6 heteroatoms. The Balaban J connectivity index is 2.29. The van der Waals surface area contributed by atoms with Gasteiger partial charge in [-0.15, -0.1) is 11.3 Å². The molecule has 1 aromatic carbocycles. The Morgan fingerprint density at radius 1 is 1.42 bits per heavy atom. The maximum Gasteiger partial charge on any atom is 0.256 e. The zero-order chi connectivity index (χ0) is 14.0. The summed E-state index contributed by atoms with van der Waals surface area (Å²) in [5.74, 6) is -0.121. The van der Waals surface area contributed by atoms with E-state index in [-0.39, 0.29) is 5.91 Å². The number of hydrogen-bond donors (Lipinski definition) is 1. The smallest absolute Gasteiger partial charge is 0.256 e. The van der Waals surface area contributed by atoms with Crippen molar-refractivity contribution < 1.29 is 4.79 Å². The highest BCUT2D eigenvalue weighted by molar-refractivity contribution is 14.1. The van der Waals surface area contributed by atoms with Gasteiger partial charge in [0.25, 0.3) is 5.91 Å². The minimum atomic E-state index is -0.121. The van der Waals surface area contributed by atoms with Gasteiger partial charge in [0.2, 0.25) is 0 Å². The summed E-state index contributed by atoms with van der Waals surface area (Å²) in [4.78, 5) is 14.0. The lowest BCUT2D eigenvalue weighted by Crippen LogP contribution is -2.16. The Morgan fingerprint density at radius 3 is 2.74 bits per heavy atom. The van der Waals surface area contributed by atoms with E-state index in [4.69, 9.17) is 11.6 Å². The van der Waals surface area contributed by atoms with Gasteiger partial charge in [0, 0.05) is 19.5 Å². The number of para-hydroxylation sites is 1. The Labute approximate surface area is 134 Å². The largest absolute Gasteiger partial charge is 0.375 e. The standard InChI is InChI=1S/C13H12ClIN2OS/c1-17(2)12-9(14)4-3-5-10(12)16-13(18)8-6-11(15)19-7-8/h3-7H,1-2H3,(H,16,18). The highest BCUT2D eigenvalue weighted by atomic mass is 127. The van der Waals surface area contributed by atoms with Crippen molar-refractivity contribution in [2.45, 2.75) is 0 Å². The number of nitrogens with zero attached hydrogens (tertiary/aromatic N) is 1. The average Bonchev–Trinajstić information content (AvgIpc) is 2.75. The molecule has 0 unspecified atom stereocenters. The molecular formula is C13H12ClIN2OS. The molecule has 0 spiro atoms. The van der Waals surface area contributed by atoms with Crippen LogP contribution in [0.25, 0.3) is 0 Å². The van der Waals surface area contributed by atoms with Gasteiger partial charge in [-0.1, -0.05) is 17.7 Å². The number of carbonyl (C=O) groups excluding carboxylic acids is 1. The molecule has 1 amide bonds. The molecule has 19 heavy (non-hydrogen) atoms. The number of rotatable bonds is 3. The van der Waals surface area contributed by atoms with E-state index in [0.29, 0.717) is 16.3 Å². The minimum Gasteiger partial charge on any atom is -0.375 e. The summed E-state index contributed by atoms with van der Waals surface area (Å²) >= 11 is 9.91. The Kier molecular flexibility index (Phi) is 4.70. The zero-order valence-electron chi connectivity index (χ0n) is 10.4. The van der Waals surface area contributed by atoms with E-state index in [0.717, 1.165) is 8.57 Å². The normalized spacial score (nSPS) is 10.3. The summed E-state index contributed by atoms with van der Waals surface area (Å²) in [5.41, 5.74) is 2.19. The SMILES string of the molecule is CN(C)c1c(Cl)cccc1NC(=O)c1csc(I)c1. The predicted octanol–water partition coefficient (Wildman–Crippen LogP) is 4.32. The quantitative estimate of drug-likeness (QED) is 0.770. The van der Waals surface area contributed by atoms with E-state index in [1.165, 1.54) is 0 Å². The maximum absolute atomic E-state index is 12.1. The highest BCUT2D eigenvalue weighted by Gasteiger charge is 2.13. The van der Waals surface area contributed by atoms with Crippen molar-refractivity contribution in [2.75, 3.05) is 24.3 Å². The number of benzene rings is 1. The highest BCUT2D eigenvalue weighted by Crippen LogP contribution is 2.32. The molecule has 0 aliphatic carbocycles. The van der Waals surface area contributed by atoms with E-state index < -0.39 is 0 Å². The number of amides is 1. The van der Waals surface area contributed by atoms with E-state index in [2.05, 4.69) is 27.9 Å². The van der Waals surface area contributed by atoms with Gasteiger partial charge in [-0.05, 0) is 40.8 Å². The van der Waals surface area contributed by atoms with Gasteiger partial charge in [-0.25, -0.2) is 0 Å². The molecule has 2 aromatic rings. The number of nitrogens with one attached hydrogen (secondary N) is 1. The Bertz CT molecular complexity index is 612. The van der Waals surface area contributed by atoms with E-state index >= 15 is 0 Å². The fourth-order valence-electron chi connectivity index (χ4n) is 1.69. The number of anilines is 2. The number of carbonyl (C=O) groups is 1. The first-order valence-electron chi connectivity index (χ1n) is 5.50. The van der Waals surface area contributed by atoms with Gasteiger partial charge in [-0.2, -0.15) is 0 Å². The van der Waals surface area contributed by atoms with E-state index in [9.17, 15) is 4.79 Å². The second-order valence-corrected chi connectivity index (χ2v) is 7.34. The van der Waals surface area contributed by atoms with Crippen molar-refractivity contribution in [3.63, 3.8) is 0 Å². The first-order chi connectivity index (χ1) is 8.99. The van der Waals surface area contributed by atoms with Gasteiger partial charge in [-0.3, -0.25) is 4.79 Å². The molecular weight excluding hydrogens is 395 g/mol. The molecule has 1 heterocycles. The number of hydrogen-bond acceptors (Lipinski definition) is 3. The molecule has 1 aromatic heterocycles. The third-order valence-corrected chi connectivity index (χ3v) is 4.61. The van der Waals surface area contributed by atoms with Crippen LogP contribution in [0.15, 0.2) is 29.6 Å². The fourth-order valence-corrected chi connectivity index (χ4v) is 3.36. The van der Waals surface area contributed by atoms with Crippen LogP contribution in [0.1, 0.15) is 10.4 Å². The molecule has 100 valence electrons. The van der Waals surface area contributed by atoms with Crippen LogP contribution in [0.4, 0.5) is 11.4 Å². The van der Waals surface area contributed by atoms with E-state index in [1.54, 1.807) is 17.4 Å². The van der Waals surface area contributed by atoms with Crippen molar-refractivity contribution in [1.82, 2.24) is 0 Å². The molecule has 3 nitrogen and oxygen atoms in total. The van der Waals surface area contributed by atoms with Crippen LogP contribution < -0.4 is 10.2 Å². The summed E-state index contributed by atoms with van der Waals surface area (Å²) in [7, 11) is 3.79. The van der Waals surface area contributed by atoms with Crippen molar-refractivity contribution >= 4 is 62.8 Å². The summed E-state index contributed by atoms with van der Waals surface area (Å²) in [5, 5.41) is 5.36. The molecule has 0 saturated carbocycles. The van der Waals surface area contributed by atoms with E-state index in [1.807, 2.05) is 42.6 Å².